The Bertz CT molecular complexity index is 407. The lowest BCUT2D eigenvalue weighted by Gasteiger charge is -2.31. The van der Waals surface area contributed by atoms with E-state index in [-0.39, 0.29) is 10.8 Å². The van der Waals surface area contributed by atoms with Crippen LogP contribution in [0.5, 0.6) is 0 Å². The smallest absolute Gasteiger partial charge is 0.141 e. The largest absolute Gasteiger partial charge is 0.381 e. The highest BCUT2D eigenvalue weighted by Crippen LogP contribution is 2.23. The second-order valence-corrected chi connectivity index (χ2v) is 5.47. The van der Waals surface area contributed by atoms with Crippen molar-refractivity contribution < 1.29 is 9.13 Å². The molecule has 0 saturated carbocycles. The molecule has 1 saturated heterocycles. The van der Waals surface area contributed by atoms with E-state index < -0.39 is 0 Å². The van der Waals surface area contributed by atoms with Gasteiger partial charge in [-0.1, -0.05) is 24.6 Å². The lowest BCUT2D eigenvalue weighted by Crippen LogP contribution is -2.40. The second kappa shape index (κ2) is 7.22. The van der Waals surface area contributed by atoms with E-state index >= 15 is 0 Å². The third-order valence-corrected chi connectivity index (χ3v) is 4.03. The Hall–Kier alpha value is -0.640. The molecule has 1 aliphatic rings. The molecule has 1 fully saturated rings. The fraction of sp³-hybridized carbons (Fsp3) is 0.600. The molecule has 0 aromatic heterocycles. The fourth-order valence-electron chi connectivity index (χ4n) is 2.71. The Labute approximate surface area is 119 Å². The van der Waals surface area contributed by atoms with Crippen molar-refractivity contribution in [2.45, 2.75) is 32.2 Å². The van der Waals surface area contributed by atoms with Crippen molar-refractivity contribution in [1.82, 2.24) is 5.32 Å². The highest BCUT2D eigenvalue weighted by molar-refractivity contribution is 6.30. The normalized spacial score (nSPS) is 18.5. The first-order valence-corrected chi connectivity index (χ1v) is 7.33. The van der Waals surface area contributed by atoms with E-state index in [1.54, 1.807) is 6.07 Å². The summed E-state index contributed by atoms with van der Waals surface area (Å²) in [6.45, 7) is 4.74. The third-order valence-electron chi connectivity index (χ3n) is 3.74. The summed E-state index contributed by atoms with van der Waals surface area (Å²) in [6, 6.07) is 5.42. The SMILES string of the molecule is CCNC(Cc1ccc(F)c(Cl)c1)C1CCOCC1. The van der Waals surface area contributed by atoms with Gasteiger partial charge in [-0.05, 0) is 49.4 Å². The highest BCUT2D eigenvalue weighted by atomic mass is 35.5. The van der Waals surface area contributed by atoms with Crippen LogP contribution in [0.25, 0.3) is 0 Å². The molecule has 1 heterocycles. The number of benzene rings is 1. The van der Waals surface area contributed by atoms with Gasteiger partial charge in [-0.3, -0.25) is 0 Å². The fourth-order valence-corrected chi connectivity index (χ4v) is 2.91. The molecular weight excluding hydrogens is 265 g/mol. The van der Waals surface area contributed by atoms with Crippen molar-refractivity contribution in [2.24, 2.45) is 5.92 Å². The van der Waals surface area contributed by atoms with E-state index in [4.69, 9.17) is 16.3 Å². The molecule has 1 aromatic rings. The molecule has 0 spiro atoms. The number of hydrogen-bond donors (Lipinski definition) is 1. The Morgan fingerprint density at radius 3 is 2.79 bits per heavy atom. The molecule has 106 valence electrons. The minimum Gasteiger partial charge on any atom is -0.381 e. The van der Waals surface area contributed by atoms with Gasteiger partial charge in [0, 0.05) is 19.3 Å². The van der Waals surface area contributed by atoms with Crippen molar-refractivity contribution in [3.8, 4) is 0 Å². The van der Waals surface area contributed by atoms with Crippen LogP contribution in [-0.2, 0) is 11.2 Å². The third kappa shape index (κ3) is 4.16. The van der Waals surface area contributed by atoms with Crippen LogP contribution in [0.2, 0.25) is 5.02 Å². The van der Waals surface area contributed by atoms with Gasteiger partial charge in [0.25, 0.3) is 0 Å². The van der Waals surface area contributed by atoms with Crippen molar-refractivity contribution in [2.75, 3.05) is 19.8 Å². The summed E-state index contributed by atoms with van der Waals surface area (Å²) < 4.78 is 18.6. The predicted octanol–water partition coefficient (Wildman–Crippen LogP) is 3.43. The first-order chi connectivity index (χ1) is 9.20. The summed E-state index contributed by atoms with van der Waals surface area (Å²) >= 11 is 5.84. The molecular formula is C15H21ClFNO. The van der Waals surface area contributed by atoms with Crippen LogP contribution in [0.1, 0.15) is 25.3 Å². The van der Waals surface area contributed by atoms with Crippen molar-refractivity contribution in [3.63, 3.8) is 0 Å². The van der Waals surface area contributed by atoms with Crippen LogP contribution in [0.4, 0.5) is 4.39 Å². The maximum atomic E-state index is 13.2. The van der Waals surface area contributed by atoms with Crippen LogP contribution in [0, 0.1) is 11.7 Å². The zero-order valence-electron chi connectivity index (χ0n) is 11.3. The zero-order chi connectivity index (χ0) is 13.7. The quantitative estimate of drug-likeness (QED) is 0.895. The molecule has 19 heavy (non-hydrogen) atoms. The molecule has 1 aliphatic heterocycles. The molecule has 1 unspecified atom stereocenters. The van der Waals surface area contributed by atoms with Crippen molar-refractivity contribution in [1.29, 1.82) is 0 Å². The predicted molar refractivity (Wildman–Crippen MR) is 76.1 cm³/mol. The first kappa shape index (κ1) is 14.8. The van der Waals surface area contributed by atoms with Gasteiger partial charge in [-0.25, -0.2) is 4.39 Å². The summed E-state index contributed by atoms with van der Waals surface area (Å²) in [7, 11) is 0. The Balaban J connectivity index is 2.04. The van der Waals surface area contributed by atoms with Crippen LogP contribution in [0.3, 0.4) is 0 Å². The molecule has 0 amide bonds. The minimum absolute atomic E-state index is 0.208. The zero-order valence-corrected chi connectivity index (χ0v) is 12.0. The van der Waals surface area contributed by atoms with Gasteiger partial charge in [0.05, 0.1) is 5.02 Å². The molecule has 1 atom stereocenters. The number of rotatable bonds is 5. The maximum absolute atomic E-state index is 13.2. The number of likely N-dealkylation sites (N-methyl/N-ethyl adjacent to an activating group) is 1. The average molecular weight is 286 g/mol. The van der Waals surface area contributed by atoms with E-state index in [1.165, 1.54) is 6.07 Å². The molecule has 0 aliphatic carbocycles. The minimum atomic E-state index is -0.350. The summed E-state index contributed by atoms with van der Waals surface area (Å²) in [4.78, 5) is 0. The standard InChI is InChI=1S/C15H21ClFNO/c1-2-18-15(12-5-7-19-8-6-12)10-11-3-4-14(17)13(16)9-11/h3-4,9,12,15,18H,2,5-8,10H2,1H3. The highest BCUT2D eigenvalue weighted by Gasteiger charge is 2.23. The van der Waals surface area contributed by atoms with Crippen LogP contribution < -0.4 is 5.32 Å². The van der Waals surface area contributed by atoms with E-state index in [0.29, 0.717) is 12.0 Å². The van der Waals surface area contributed by atoms with Crippen LogP contribution >= 0.6 is 11.6 Å². The van der Waals surface area contributed by atoms with E-state index in [1.807, 2.05) is 6.07 Å². The summed E-state index contributed by atoms with van der Waals surface area (Å²) in [5, 5.41) is 3.75. The van der Waals surface area contributed by atoms with Gasteiger partial charge in [0.1, 0.15) is 5.82 Å². The number of halogens is 2. The van der Waals surface area contributed by atoms with Crippen molar-refractivity contribution in [3.05, 3.63) is 34.6 Å². The molecule has 0 radical (unpaired) electrons. The van der Waals surface area contributed by atoms with Crippen LogP contribution in [-0.4, -0.2) is 25.8 Å². The monoisotopic (exact) mass is 285 g/mol. The van der Waals surface area contributed by atoms with Crippen LogP contribution in [0.15, 0.2) is 18.2 Å². The van der Waals surface area contributed by atoms with E-state index in [2.05, 4.69) is 12.2 Å². The van der Waals surface area contributed by atoms with E-state index in [0.717, 1.165) is 44.6 Å². The van der Waals surface area contributed by atoms with Gasteiger partial charge >= 0.3 is 0 Å². The Kier molecular flexibility index (Phi) is 5.61. The molecule has 0 bridgehead atoms. The molecule has 1 aromatic carbocycles. The summed E-state index contributed by atoms with van der Waals surface area (Å²) in [6.07, 6.45) is 3.07. The van der Waals surface area contributed by atoms with Gasteiger partial charge in [-0.15, -0.1) is 0 Å². The summed E-state index contributed by atoms with van der Waals surface area (Å²) in [5.74, 6) is 0.272. The van der Waals surface area contributed by atoms with Gasteiger partial charge in [0.15, 0.2) is 0 Å². The van der Waals surface area contributed by atoms with E-state index in [9.17, 15) is 4.39 Å². The van der Waals surface area contributed by atoms with Gasteiger partial charge < -0.3 is 10.1 Å². The maximum Gasteiger partial charge on any atom is 0.141 e. The summed E-state index contributed by atoms with van der Waals surface area (Å²) in [5.41, 5.74) is 1.09. The Morgan fingerprint density at radius 1 is 1.42 bits per heavy atom. The lowest BCUT2D eigenvalue weighted by molar-refractivity contribution is 0.0540. The second-order valence-electron chi connectivity index (χ2n) is 5.07. The lowest BCUT2D eigenvalue weighted by atomic mass is 9.87. The van der Waals surface area contributed by atoms with Gasteiger partial charge in [-0.2, -0.15) is 0 Å². The number of ether oxygens (including phenoxy) is 1. The number of nitrogens with one attached hydrogen (secondary N) is 1. The number of hydrogen-bond acceptors (Lipinski definition) is 2. The average Bonchev–Trinajstić information content (AvgIpc) is 2.43. The Morgan fingerprint density at radius 2 is 2.16 bits per heavy atom. The molecule has 2 nitrogen and oxygen atoms in total. The van der Waals surface area contributed by atoms with Gasteiger partial charge in [0.2, 0.25) is 0 Å². The topological polar surface area (TPSA) is 21.3 Å². The molecule has 4 heteroatoms. The first-order valence-electron chi connectivity index (χ1n) is 6.95. The van der Waals surface area contributed by atoms with Crippen molar-refractivity contribution >= 4 is 11.6 Å². The molecule has 1 N–H and O–H groups in total. The molecule has 2 rings (SSSR count).